The maximum absolute atomic E-state index is 10.8. The molecule has 0 bridgehead atoms. The molecule has 0 amide bonds. The third-order valence-electron chi connectivity index (χ3n) is 13.3. The Labute approximate surface area is 197 Å². The summed E-state index contributed by atoms with van der Waals surface area (Å²) in [5, 5.41) is 21.2. The van der Waals surface area contributed by atoms with Crippen molar-refractivity contribution in [2.24, 2.45) is 50.7 Å². The molecule has 2 nitrogen and oxygen atoms in total. The zero-order chi connectivity index (χ0) is 23.3. The molecule has 10 atom stereocenters. The van der Waals surface area contributed by atoms with Crippen LogP contribution in [0.1, 0.15) is 112 Å². The normalized spacial score (nSPS) is 52.8. The van der Waals surface area contributed by atoms with Gasteiger partial charge in [0, 0.05) is 0 Å². The Kier molecular flexibility index (Phi) is 5.19. The fourth-order valence-electron chi connectivity index (χ4n) is 11.2. The van der Waals surface area contributed by atoms with E-state index in [1.54, 1.807) is 0 Å². The highest BCUT2D eigenvalue weighted by Gasteiger charge is 2.82. The fraction of sp³-hybridized carbons (Fsp3) is 0.933. The summed E-state index contributed by atoms with van der Waals surface area (Å²) in [6.45, 7) is 18.5. The Balaban J connectivity index is 1.39. The van der Waals surface area contributed by atoms with Crippen LogP contribution in [0.25, 0.3) is 0 Å². The largest absolute Gasteiger partial charge is 0.393 e. The lowest BCUT2D eigenvalue weighted by atomic mass is 9.41. The van der Waals surface area contributed by atoms with Gasteiger partial charge in [-0.2, -0.15) is 0 Å². The Morgan fingerprint density at radius 3 is 2.22 bits per heavy atom. The van der Waals surface area contributed by atoms with Crippen LogP contribution in [-0.4, -0.2) is 22.4 Å². The zero-order valence-corrected chi connectivity index (χ0v) is 21.8. The summed E-state index contributed by atoms with van der Waals surface area (Å²) in [6, 6.07) is 0. The van der Waals surface area contributed by atoms with Gasteiger partial charge in [-0.15, -0.1) is 0 Å². The van der Waals surface area contributed by atoms with Crippen molar-refractivity contribution in [3.05, 3.63) is 12.2 Å². The van der Waals surface area contributed by atoms with Gasteiger partial charge in [-0.25, -0.2) is 0 Å². The minimum atomic E-state index is -0.334. The topological polar surface area (TPSA) is 40.5 Å². The highest BCUT2D eigenvalue weighted by molar-refractivity contribution is 5.30. The van der Waals surface area contributed by atoms with Crippen LogP contribution in [0.15, 0.2) is 12.2 Å². The van der Waals surface area contributed by atoms with Crippen LogP contribution in [-0.2, 0) is 0 Å². The van der Waals surface area contributed by atoms with E-state index in [2.05, 4.69) is 41.2 Å². The molecule has 0 radical (unpaired) electrons. The zero-order valence-electron chi connectivity index (χ0n) is 21.8. The van der Waals surface area contributed by atoms with E-state index in [1.165, 1.54) is 51.4 Å². The van der Waals surface area contributed by atoms with Crippen LogP contribution in [0.5, 0.6) is 0 Å². The lowest BCUT2D eigenvalue weighted by Crippen LogP contribution is -2.57. The van der Waals surface area contributed by atoms with Gasteiger partial charge in [0.1, 0.15) is 0 Å². The monoisotopic (exact) mass is 442 g/mol. The van der Waals surface area contributed by atoms with Gasteiger partial charge >= 0.3 is 0 Å². The third kappa shape index (κ3) is 2.72. The Morgan fingerprint density at radius 1 is 0.875 bits per heavy atom. The van der Waals surface area contributed by atoms with Crippen molar-refractivity contribution in [1.82, 2.24) is 0 Å². The quantitative estimate of drug-likeness (QED) is 0.444. The van der Waals surface area contributed by atoms with Gasteiger partial charge in [0.05, 0.1) is 12.2 Å². The minimum Gasteiger partial charge on any atom is -0.393 e. The molecule has 5 aliphatic rings. The molecule has 5 aliphatic carbocycles. The summed E-state index contributed by atoms with van der Waals surface area (Å²) in [5.74, 6) is 3.08. The second-order valence-electron chi connectivity index (χ2n) is 14.4. The molecular weight excluding hydrogens is 392 g/mol. The highest BCUT2D eigenvalue weighted by atomic mass is 16.3. The van der Waals surface area contributed by atoms with Crippen LogP contribution in [0, 0.1) is 50.7 Å². The maximum Gasteiger partial charge on any atom is 0.0744 e. The maximum atomic E-state index is 10.8. The van der Waals surface area contributed by atoms with E-state index in [0.29, 0.717) is 27.6 Å². The lowest BCUT2D eigenvalue weighted by Gasteiger charge is -2.63. The smallest absolute Gasteiger partial charge is 0.0744 e. The van der Waals surface area contributed by atoms with E-state index in [1.807, 2.05) is 6.92 Å². The molecule has 5 saturated carbocycles. The molecule has 10 unspecified atom stereocenters. The number of aliphatic hydroxyl groups excluding tert-OH is 2. The number of fused-ring (bicyclic) bond motifs is 2. The molecule has 0 aromatic heterocycles. The molecule has 0 saturated heterocycles. The summed E-state index contributed by atoms with van der Waals surface area (Å²) >= 11 is 0. The van der Waals surface area contributed by atoms with Crippen molar-refractivity contribution in [1.29, 1.82) is 0 Å². The van der Waals surface area contributed by atoms with Crippen LogP contribution in [0.2, 0.25) is 0 Å². The SMILES string of the molecule is C=C(C)C(O)CCC(C)C1CCC2(C)C3CCC4C(C)(C)C(O)CCC45CC35CCC12C. The van der Waals surface area contributed by atoms with Crippen LogP contribution in [0.4, 0.5) is 0 Å². The van der Waals surface area contributed by atoms with E-state index in [0.717, 1.165) is 42.6 Å². The van der Waals surface area contributed by atoms with E-state index in [4.69, 9.17) is 0 Å². The molecule has 2 spiro atoms. The van der Waals surface area contributed by atoms with Crippen LogP contribution >= 0.6 is 0 Å². The Bertz CT molecular complexity index is 786. The first-order chi connectivity index (χ1) is 14.9. The summed E-state index contributed by atoms with van der Waals surface area (Å²) < 4.78 is 0. The minimum absolute atomic E-state index is 0.0885. The van der Waals surface area contributed by atoms with Crippen molar-refractivity contribution in [2.45, 2.75) is 124 Å². The van der Waals surface area contributed by atoms with E-state index >= 15 is 0 Å². The van der Waals surface area contributed by atoms with Gasteiger partial charge in [0.25, 0.3) is 0 Å². The standard InChI is InChI=1S/C30H50O2/c1-19(2)22(31)9-8-20(3)21-12-14-28(7)24-11-10-23-26(4,5)25(32)13-15-29(23)18-30(24,29)17-16-27(21,28)6/h20-25,31-32H,1,8-18H2,2-7H3. The van der Waals surface area contributed by atoms with Crippen LogP contribution < -0.4 is 0 Å². The van der Waals surface area contributed by atoms with Crippen LogP contribution in [0.3, 0.4) is 0 Å². The average molecular weight is 443 g/mol. The van der Waals surface area contributed by atoms with Crippen molar-refractivity contribution < 1.29 is 10.2 Å². The highest BCUT2D eigenvalue weighted by Crippen LogP contribution is 2.89. The van der Waals surface area contributed by atoms with Crippen molar-refractivity contribution in [2.75, 3.05) is 0 Å². The summed E-state index contributed by atoms with van der Waals surface area (Å²) in [7, 11) is 0. The van der Waals surface area contributed by atoms with Crippen molar-refractivity contribution in [3.63, 3.8) is 0 Å². The molecular formula is C30H50O2. The molecule has 2 N–H and O–H groups in total. The Morgan fingerprint density at radius 2 is 1.53 bits per heavy atom. The molecule has 0 heterocycles. The molecule has 0 aromatic carbocycles. The van der Waals surface area contributed by atoms with Gasteiger partial charge in [-0.1, -0.05) is 46.8 Å². The third-order valence-corrected chi connectivity index (χ3v) is 13.3. The van der Waals surface area contributed by atoms with Gasteiger partial charge < -0.3 is 10.2 Å². The fourth-order valence-corrected chi connectivity index (χ4v) is 11.2. The molecule has 5 rings (SSSR count). The number of hydrogen-bond acceptors (Lipinski definition) is 2. The van der Waals surface area contributed by atoms with Gasteiger partial charge in [-0.3, -0.25) is 0 Å². The summed E-state index contributed by atoms with van der Waals surface area (Å²) in [5.41, 5.74) is 3.03. The second kappa shape index (κ2) is 7.09. The average Bonchev–Trinajstić information content (AvgIpc) is 3.31. The van der Waals surface area contributed by atoms with E-state index in [-0.39, 0.29) is 17.6 Å². The second-order valence-corrected chi connectivity index (χ2v) is 14.4. The Hall–Kier alpha value is -0.340. The van der Waals surface area contributed by atoms with Gasteiger partial charge in [0.15, 0.2) is 0 Å². The first kappa shape index (κ1) is 23.4. The molecule has 0 aliphatic heterocycles. The van der Waals surface area contributed by atoms with E-state index < -0.39 is 0 Å². The van der Waals surface area contributed by atoms with Crippen molar-refractivity contribution in [3.8, 4) is 0 Å². The van der Waals surface area contributed by atoms with Gasteiger partial charge in [-0.05, 0) is 128 Å². The lowest BCUT2D eigenvalue weighted by molar-refractivity contribution is -0.161. The number of rotatable bonds is 5. The predicted octanol–water partition coefficient (Wildman–Crippen LogP) is 7.14. The van der Waals surface area contributed by atoms with Crippen molar-refractivity contribution >= 4 is 0 Å². The first-order valence-corrected chi connectivity index (χ1v) is 13.9. The molecule has 182 valence electrons. The number of aliphatic hydroxyl groups is 2. The first-order valence-electron chi connectivity index (χ1n) is 13.9. The number of hydrogen-bond donors (Lipinski definition) is 2. The predicted molar refractivity (Wildman–Crippen MR) is 132 cm³/mol. The summed E-state index contributed by atoms with van der Waals surface area (Å²) in [6.07, 6.45) is 13.7. The molecule has 5 fully saturated rings. The molecule has 0 aromatic rings. The van der Waals surface area contributed by atoms with Gasteiger partial charge in [0.2, 0.25) is 0 Å². The van der Waals surface area contributed by atoms with E-state index in [9.17, 15) is 10.2 Å². The summed E-state index contributed by atoms with van der Waals surface area (Å²) in [4.78, 5) is 0. The molecule has 32 heavy (non-hydrogen) atoms. The molecule has 2 heteroatoms.